The molecule has 0 bridgehead atoms. The molecule has 5 heteroatoms. The van der Waals surface area contributed by atoms with E-state index in [1.807, 2.05) is 12.1 Å². The summed E-state index contributed by atoms with van der Waals surface area (Å²) in [5.41, 5.74) is 14.2. The lowest BCUT2D eigenvalue weighted by Gasteiger charge is -2.12. The molecule has 0 radical (unpaired) electrons. The zero-order valence-corrected chi connectivity index (χ0v) is 33.6. The first-order chi connectivity index (χ1) is 30.7. The van der Waals surface area contributed by atoms with E-state index in [4.69, 9.17) is 15.0 Å². The van der Waals surface area contributed by atoms with Crippen LogP contribution < -0.4 is 0 Å². The van der Waals surface area contributed by atoms with Crippen LogP contribution in [0.1, 0.15) is 0 Å². The van der Waals surface area contributed by atoms with E-state index in [-0.39, 0.29) is 0 Å². The Hall–Kier alpha value is -8.41. The minimum absolute atomic E-state index is 0.562. The molecule has 0 aliphatic heterocycles. The molecule has 12 rings (SSSR count). The maximum absolute atomic E-state index is 5.29. The largest absolute Gasteiger partial charge is 0.309 e. The van der Waals surface area contributed by atoms with E-state index in [2.05, 4.69) is 221 Å². The van der Waals surface area contributed by atoms with Crippen molar-refractivity contribution in [1.82, 2.24) is 24.1 Å². The zero-order chi connectivity index (χ0) is 41.0. The van der Waals surface area contributed by atoms with Gasteiger partial charge >= 0.3 is 0 Å². The number of rotatable bonds is 7. The molecule has 0 saturated carbocycles. The Morgan fingerprint density at radius 3 is 1.10 bits per heavy atom. The fourth-order valence-electron chi connectivity index (χ4n) is 8.98. The van der Waals surface area contributed by atoms with E-state index in [1.54, 1.807) is 0 Å². The summed E-state index contributed by atoms with van der Waals surface area (Å²) >= 11 is 0. The summed E-state index contributed by atoms with van der Waals surface area (Å²) in [6, 6.07) is 79.3. The normalized spacial score (nSPS) is 11.5. The summed E-state index contributed by atoms with van der Waals surface area (Å²) < 4.78 is 4.58. The number of para-hydroxylation sites is 3. The lowest BCUT2D eigenvalue weighted by Crippen LogP contribution is -2.06. The molecular formula is C57H37N5. The van der Waals surface area contributed by atoms with Crippen LogP contribution in [0.15, 0.2) is 224 Å². The predicted molar refractivity (Wildman–Crippen MR) is 256 cm³/mol. The second-order valence-electron chi connectivity index (χ2n) is 15.7. The quantitative estimate of drug-likeness (QED) is 0.162. The molecule has 12 aromatic rings. The van der Waals surface area contributed by atoms with Gasteiger partial charge in [-0.1, -0.05) is 188 Å². The van der Waals surface area contributed by atoms with E-state index in [9.17, 15) is 0 Å². The van der Waals surface area contributed by atoms with Crippen LogP contribution in [0.25, 0.3) is 111 Å². The highest BCUT2D eigenvalue weighted by molar-refractivity contribution is 6.12. The Morgan fingerprint density at radius 1 is 0.242 bits per heavy atom. The van der Waals surface area contributed by atoms with Gasteiger partial charge in [-0.3, -0.25) is 4.57 Å². The van der Waals surface area contributed by atoms with Crippen molar-refractivity contribution < 1.29 is 0 Å². The third kappa shape index (κ3) is 6.06. The van der Waals surface area contributed by atoms with Crippen LogP contribution in [0.2, 0.25) is 0 Å². The topological polar surface area (TPSA) is 48.5 Å². The van der Waals surface area contributed by atoms with Gasteiger partial charge in [-0.05, 0) is 69.8 Å². The van der Waals surface area contributed by atoms with Crippen molar-refractivity contribution in [2.24, 2.45) is 0 Å². The number of hydrogen-bond donors (Lipinski definition) is 0. The first-order valence-electron chi connectivity index (χ1n) is 20.9. The maximum atomic E-state index is 5.29. The van der Waals surface area contributed by atoms with Gasteiger partial charge in [0.25, 0.3) is 0 Å². The average molecular weight is 792 g/mol. The van der Waals surface area contributed by atoms with Gasteiger partial charge in [0.2, 0.25) is 5.95 Å². The Labute approximate surface area is 358 Å². The second-order valence-corrected chi connectivity index (χ2v) is 15.7. The van der Waals surface area contributed by atoms with E-state index >= 15 is 0 Å². The first kappa shape index (κ1) is 35.5. The lowest BCUT2D eigenvalue weighted by atomic mass is 10.0. The van der Waals surface area contributed by atoms with E-state index in [1.165, 1.54) is 21.8 Å². The van der Waals surface area contributed by atoms with Crippen molar-refractivity contribution in [2.75, 3.05) is 0 Å². The van der Waals surface area contributed by atoms with Crippen LogP contribution in [0.3, 0.4) is 0 Å². The van der Waals surface area contributed by atoms with E-state index < -0.39 is 0 Å². The van der Waals surface area contributed by atoms with Crippen molar-refractivity contribution in [3.8, 4) is 67.8 Å². The van der Waals surface area contributed by atoms with Crippen LogP contribution in [-0.4, -0.2) is 24.1 Å². The Morgan fingerprint density at radius 2 is 0.597 bits per heavy atom. The molecule has 9 aromatic carbocycles. The van der Waals surface area contributed by atoms with Crippen LogP contribution in [0.5, 0.6) is 0 Å². The van der Waals surface area contributed by atoms with E-state index in [0.29, 0.717) is 17.6 Å². The Balaban J connectivity index is 1.05. The number of aromatic nitrogens is 5. The third-order valence-electron chi connectivity index (χ3n) is 12.0. The number of benzene rings is 9. The zero-order valence-electron chi connectivity index (χ0n) is 33.6. The molecule has 0 saturated heterocycles. The van der Waals surface area contributed by atoms with Gasteiger partial charge in [0.1, 0.15) is 0 Å². The summed E-state index contributed by atoms with van der Waals surface area (Å²) in [6.07, 6.45) is 0. The fraction of sp³-hybridized carbons (Fsp3) is 0. The molecule has 0 unspecified atom stereocenters. The van der Waals surface area contributed by atoms with Gasteiger partial charge in [-0.2, -0.15) is 9.97 Å². The van der Waals surface area contributed by atoms with E-state index in [0.717, 1.165) is 72.0 Å². The number of hydrogen-bond acceptors (Lipinski definition) is 3. The number of fused-ring (bicyclic) bond motifs is 6. The van der Waals surface area contributed by atoms with Crippen molar-refractivity contribution in [1.29, 1.82) is 0 Å². The molecule has 3 aromatic heterocycles. The molecule has 290 valence electrons. The molecule has 0 aliphatic carbocycles. The molecule has 0 N–H and O–H groups in total. The fourth-order valence-corrected chi connectivity index (χ4v) is 8.98. The summed E-state index contributed by atoms with van der Waals surface area (Å²) in [5, 5.41) is 4.73. The minimum atomic E-state index is 0.562. The monoisotopic (exact) mass is 791 g/mol. The summed E-state index contributed by atoms with van der Waals surface area (Å²) in [6.45, 7) is 0. The minimum Gasteiger partial charge on any atom is -0.309 e. The molecule has 62 heavy (non-hydrogen) atoms. The predicted octanol–water partition coefficient (Wildman–Crippen LogP) is 14.4. The molecule has 0 fully saturated rings. The Kier molecular flexibility index (Phi) is 8.42. The van der Waals surface area contributed by atoms with Gasteiger partial charge in [0.05, 0.1) is 22.1 Å². The SMILES string of the molecule is c1ccc(-c2ccc(-c3nc(-c4ccc(-c5ccccc5)cc4)nc(-n4c5ccccc5c5ccc(-c6ccc7c8ccccc8n(-c8ccccc8)c7c6)cc54)n3)cc2)cc1. The van der Waals surface area contributed by atoms with Crippen LogP contribution in [0.4, 0.5) is 0 Å². The first-order valence-corrected chi connectivity index (χ1v) is 20.9. The van der Waals surface area contributed by atoms with Crippen molar-refractivity contribution in [2.45, 2.75) is 0 Å². The lowest BCUT2D eigenvalue weighted by molar-refractivity contribution is 0.953. The molecule has 0 spiro atoms. The summed E-state index contributed by atoms with van der Waals surface area (Å²) in [5.74, 6) is 1.78. The van der Waals surface area contributed by atoms with Gasteiger partial charge in [0.15, 0.2) is 11.6 Å². The van der Waals surface area contributed by atoms with Gasteiger partial charge < -0.3 is 4.57 Å². The standard InChI is InChI=1S/C57H37N5/c1-4-14-38(15-5-1)40-24-28-42(29-25-40)55-58-56(43-30-26-41(27-31-43)39-16-6-2-7-17-39)60-57(59-55)62-52-23-13-11-21-48(52)50-35-33-45(37-54(50)62)44-32-34-49-47-20-10-12-22-51(47)61(53(49)36-44)46-18-8-3-9-19-46/h1-37H. The van der Waals surface area contributed by atoms with Gasteiger partial charge in [-0.15, -0.1) is 0 Å². The molecule has 5 nitrogen and oxygen atoms in total. The van der Waals surface area contributed by atoms with Crippen molar-refractivity contribution >= 4 is 43.6 Å². The Bertz CT molecular complexity index is 3490. The molecular weight excluding hydrogens is 755 g/mol. The van der Waals surface area contributed by atoms with Gasteiger partial charge in [0, 0.05) is 38.4 Å². The number of nitrogens with zero attached hydrogens (tertiary/aromatic N) is 5. The summed E-state index contributed by atoms with van der Waals surface area (Å²) in [7, 11) is 0. The average Bonchev–Trinajstić information content (AvgIpc) is 3.87. The molecule has 0 aliphatic rings. The van der Waals surface area contributed by atoms with Crippen LogP contribution >= 0.6 is 0 Å². The van der Waals surface area contributed by atoms with Crippen molar-refractivity contribution in [3.05, 3.63) is 224 Å². The molecule has 0 atom stereocenters. The maximum Gasteiger partial charge on any atom is 0.238 e. The van der Waals surface area contributed by atoms with Crippen molar-refractivity contribution in [3.63, 3.8) is 0 Å². The molecule has 0 amide bonds. The molecule has 3 heterocycles. The van der Waals surface area contributed by atoms with Crippen LogP contribution in [-0.2, 0) is 0 Å². The highest BCUT2D eigenvalue weighted by atomic mass is 15.2. The van der Waals surface area contributed by atoms with Crippen LogP contribution in [0, 0.1) is 0 Å². The third-order valence-corrected chi connectivity index (χ3v) is 12.0. The smallest absolute Gasteiger partial charge is 0.238 e. The second kappa shape index (κ2) is 14.7. The van der Waals surface area contributed by atoms with Gasteiger partial charge in [-0.25, -0.2) is 4.98 Å². The summed E-state index contributed by atoms with van der Waals surface area (Å²) in [4.78, 5) is 15.7. The highest BCUT2D eigenvalue weighted by Gasteiger charge is 2.20. The highest BCUT2D eigenvalue weighted by Crippen LogP contribution is 2.38.